The van der Waals surface area contributed by atoms with Gasteiger partial charge in [0.25, 0.3) is 0 Å². The van der Waals surface area contributed by atoms with Crippen LogP contribution < -0.4 is 4.90 Å². The number of piperazine rings is 1. The van der Waals surface area contributed by atoms with Crippen molar-refractivity contribution in [1.82, 2.24) is 9.21 Å². The molecule has 0 bridgehead atoms. The average Bonchev–Trinajstić information content (AvgIpc) is 2.78. The molecule has 2 heterocycles. The van der Waals surface area contributed by atoms with Crippen LogP contribution in [0.15, 0.2) is 48.5 Å². The van der Waals surface area contributed by atoms with Gasteiger partial charge >= 0.3 is 0 Å². The molecule has 0 unspecified atom stereocenters. The van der Waals surface area contributed by atoms with Crippen molar-refractivity contribution in [3.63, 3.8) is 0 Å². The third-order valence-corrected chi connectivity index (χ3v) is 9.02. The summed E-state index contributed by atoms with van der Waals surface area (Å²) >= 11 is 0. The van der Waals surface area contributed by atoms with Gasteiger partial charge < -0.3 is 9.80 Å². The molecular weight excluding hydrogens is 429 g/mol. The van der Waals surface area contributed by atoms with Gasteiger partial charge in [-0.25, -0.2) is 12.8 Å². The second-order valence-corrected chi connectivity index (χ2v) is 10.8. The maximum absolute atomic E-state index is 15.1. The van der Waals surface area contributed by atoms with Crippen LogP contribution >= 0.6 is 0 Å². The van der Waals surface area contributed by atoms with E-state index in [9.17, 15) is 13.2 Å². The molecule has 0 saturated carbocycles. The third-order valence-electron chi connectivity index (χ3n) is 6.65. The molecular formula is C24H30FN3O3S. The van der Waals surface area contributed by atoms with E-state index < -0.39 is 21.1 Å². The lowest BCUT2D eigenvalue weighted by Crippen LogP contribution is -2.48. The summed E-state index contributed by atoms with van der Waals surface area (Å²) in [7, 11) is -3.61. The van der Waals surface area contributed by atoms with Crippen molar-refractivity contribution in [2.45, 2.75) is 44.5 Å². The molecule has 172 valence electrons. The zero-order valence-corrected chi connectivity index (χ0v) is 19.4. The fourth-order valence-electron chi connectivity index (χ4n) is 4.66. The Morgan fingerprint density at radius 3 is 2.34 bits per heavy atom. The van der Waals surface area contributed by atoms with E-state index in [1.807, 2.05) is 43.3 Å². The molecule has 0 N–H and O–H groups in total. The monoisotopic (exact) mass is 459 g/mol. The lowest BCUT2D eigenvalue weighted by molar-refractivity contribution is -0.129. The maximum atomic E-state index is 15.1. The summed E-state index contributed by atoms with van der Waals surface area (Å²) in [4.78, 5) is 15.4. The van der Waals surface area contributed by atoms with Crippen LogP contribution in [0.5, 0.6) is 0 Å². The van der Waals surface area contributed by atoms with E-state index in [0.717, 1.165) is 17.7 Å². The maximum Gasteiger partial charge on any atom is 0.221 e. The minimum Gasteiger partial charge on any atom is -0.368 e. The number of hydrogen-bond donors (Lipinski definition) is 0. The van der Waals surface area contributed by atoms with Crippen LogP contribution in [-0.4, -0.2) is 55.8 Å². The number of nitrogens with zero attached hydrogens (tertiary/aromatic N) is 3. The fraction of sp³-hybridized carbons (Fsp3) is 0.458. The van der Waals surface area contributed by atoms with Crippen LogP contribution in [0.2, 0.25) is 0 Å². The summed E-state index contributed by atoms with van der Waals surface area (Å²) in [6.45, 7) is 5.99. The Morgan fingerprint density at radius 1 is 1.03 bits per heavy atom. The fourth-order valence-corrected chi connectivity index (χ4v) is 6.85. The summed E-state index contributed by atoms with van der Waals surface area (Å²) < 4.78 is 43.3. The number of anilines is 1. The number of halogens is 1. The highest BCUT2D eigenvalue weighted by Crippen LogP contribution is 2.38. The van der Waals surface area contributed by atoms with Crippen LogP contribution in [0.25, 0.3) is 0 Å². The Morgan fingerprint density at radius 2 is 1.72 bits per heavy atom. The Kier molecular flexibility index (Phi) is 6.53. The molecule has 2 saturated heterocycles. The molecule has 1 amide bonds. The first-order chi connectivity index (χ1) is 15.3. The first kappa shape index (κ1) is 22.7. The van der Waals surface area contributed by atoms with Crippen LogP contribution in [0.1, 0.15) is 43.1 Å². The Balaban J connectivity index is 1.51. The molecule has 2 atom stereocenters. The number of sulfonamides is 1. The standard InChI is InChI=1S/C24H30FN3O3S/c1-18-8-11-24(20-6-4-3-5-7-20)32(30,31)28(18)17-21-9-10-22(16-23(21)25)27-14-12-26(13-15-27)19(2)29/h3-7,9-10,16,18,24H,8,11-15,17H2,1-2H3/t18-,24-/m0/s1. The summed E-state index contributed by atoms with van der Waals surface area (Å²) in [6, 6.07) is 14.1. The second-order valence-electron chi connectivity index (χ2n) is 8.68. The van der Waals surface area contributed by atoms with Crippen molar-refractivity contribution < 1.29 is 17.6 Å². The van der Waals surface area contributed by atoms with Gasteiger partial charge in [0.15, 0.2) is 0 Å². The van der Waals surface area contributed by atoms with Gasteiger partial charge in [0.1, 0.15) is 11.1 Å². The minimum atomic E-state index is -3.61. The molecule has 2 aromatic rings. The van der Waals surface area contributed by atoms with Gasteiger partial charge in [0.05, 0.1) is 0 Å². The first-order valence-electron chi connectivity index (χ1n) is 11.1. The number of hydrogen-bond acceptors (Lipinski definition) is 4. The van der Waals surface area contributed by atoms with Gasteiger partial charge in [-0.1, -0.05) is 36.4 Å². The number of benzene rings is 2. The summed E-state index contributed by atoms with van der Waals surface area (Å²) in [5, 5.41) is -0.597. The topological polar surface area (TPSA) is 60.9 Å². The van der Waals surface area contributed by atoms with Gasteiger partial charge in [-0.05, 0) is 37.5 Å². The lowest BCUT2D eigenvalue weighted by Gasteiger charge is -2.38. The largest absolute Gasteiger partial charge is 0.368 e. The van der Waals surface area contributed by atoms with E-state index in [-0.39, 0.29) is 18.5 Å². The molecule has 4 rings (SSSR count). The molecule has 0 aliphatic carbocycles. The van der Waals surface area contributed by atoms with E-state index >= 15 is 4.39 Å². The van der Waals surface area contributed by atoms with E-state index in [1.54, 1.807) is 17.9 Å². The van der Waals surface area contributed by atoms with E-state index in [1.165, 1.54) is 10.4 Å². The minimum absolute atomic E-state index is 0.0249. The van der Waals surface area contributed by atoms with Gasteiger partial charge in [-0.3, -0.25) is 4.79 Å². The van der Waals surface area contributed by atoms with Gasteiger partial charge in [-0.2, -0.15) is 4.31 Å². The van der Waals surface area contributed by atoms with Crippen molar-refractivity contribution in [3.05, 3.63) is 65.5 Å². The molecule has 0 spiro atoms. The molecule has 2 fully saturated rings. The van der Waals surface area contributed by atoms with Gasteiger partial charge in [0, 0.05) is 56.9 Å². The van der Waals surface area contributed by atoms with Crippen LogP contribution in [-0.2, 0) is 21.4 Å². The van der Waals surface area contributed by atoms with Crippen LogP contribution in [0.4, 0.5) is 10.1 Å². The predicted molar refractivity (Wildman–Crippen MR) is 123 cm³/mol. The Hall–Kier alpha value is -2.45. The molecule has 2 aromatic carbocycles. The molecule has 0 aromatic heterocycles. The summed E-state index contributed by atoms with van der Waals surface area (Å²) in [5.74, 6) is -0.349. The van der Waals surface area contributed by atoms with Crippen LogP contribution in [0, 0.1) is 5.82 Å². The third kappa shape index (κ3) is 4.52. The van der Waals surface area contributed by atoms with Crippen molar-refractivity contribution >= 4 is 21.6 Å². The van der Waals surface area contributed by atoms with Gasteiger partial charge in [0.2, 0.25) is 15.9 Å². The van der Waals surface area contributed by atoms with E-state index in [2.05, 4.69) is 4.90 Å². The van der Waals surface area contributed by atoms with E-state index in [0.29, 0.717) is 38.2 Å². The first-order valence-corrected chi connectivity index (χ1v) is 12.6. The quantitative estimate of drug-likeness (QED) is 0.702. The van der Waals surface area contributed by atoms with Crippen molar-refractivity contribution in [2.75, 3.05) is 31.1 Å². The van der Waals surface area contributed by atoms with Crippen molar-refractivity contribution in [3.8, 4) is 0 Å². The Labute approximate surface area is 189 Å². The zero-order valence-electron chi connectivity index (χ0n) is 18.6. The van der Waals surface area contributed by atoms with Crippen molar-refractivity contribution in [1.29, 1.82) is 0 Å². The lowest BCUT2D eigenvalue weighted by atomic mass is 10.0. The van der Waals surface area contributed by atoms with Crippen LogP contribution in [0.3, 0.4) is 0 Å². The average molecular weight is 460 g/mol. The SMILES string of the molecule is CC(=O)N1CCN(c2ccc(CN3[C@@H](C)CC[C@@H](c4ccccc4)S3(=O)=O)c(F)c2)CC1. The number of carbonyl (C=O) groups is 1. The molecule has 6 nitrogen and oxygen atoms in total. The number of amides is 1. The van der Waals surface area contributed by atoms with E-state index in [4.69, 9.17) is 0 Å². The Bertz CT molecular complexity index is 1070. The zero-order chi connectivity index (χ0) is 22.9. The smallest absolute Gasteiger partial charge is 0.221 e. The summed E-state index contributed by atoms with van der Waals surface area (Å²) in [5.41, 5.74) is 1.91. The number of rotatable bonds is 4. The van der Waals surface area contributed by atoms with Crippen molar-refractivity contribution in [2.24, 2.45) is 0 Å². The highest BCUT2D eigenvalue weighted by atomic mass is 32.2. The highest BCUT2D eigenvalue weighted by molar-refractivity contribution is 7.89. The molecule has 2 aliphatic heterocycles. The summed E-state index contributed by atoms with van der Waals surface area (Å²) in [6.07, 6.45) is 1.30. The predicted octanol–water partition coefficient (Wildman–Crippen LogP) is 3.55. The molecule has 8 heteroatoms. The molecule has 32 heavy (non-hydrogen) atoms. The second kappa shape index (κ2) is 9.19. The molecule has 0 radical (unpaired) electrons. The van der Waals surface area contributed by atoms with Gasteiger partial charge in [-0.15, -0.1) is 0 Å². The normalized spacial score (nSPS) is 23.8. The highest BCUT2D eigenvalue weighted by Gasteiger charge is 2.40. The molecule has 2 aliphatic rings. The number of carbonyl (C=O) groups excluding carboxylic acids is 1.